The maximum atomic E-state index is 5.10. The van der Waals surface area contributed by atoms with Crippen molar-refractivity contribution in [2.75, 3.05) is 6.54 Å². The molecule has 4 nitrogen and oxygen atoms in total. The van der Waals surface area contributed by atoms with Gasteiger partial charge >= 0.3 is 0 Å². The van der Waals surface area contributed by atoms with Crippen LogP contribution in [-0.4, -0.2) is 22.8 Å². The van der Waals surface area contributed by atoms with E-state index in [0.29, 0.717) is 22.8 Å². The largest absolute Gasteiger partial charge is 0.358 e. The first-order valence-corrected chi connectivity index (χ1v) is 5.92. The fraction of sp³-hybridized carbons (Fsp3) is 0.400. The summed E-state index contributed by atoms with van der Waals surface area (Å²) in [5.74, 6) is 0. The van der Waals surface area contributed by atoms with Crippen LogP contribution in [0.2, 0.25) is 0 Å². The molecule has 0 radical (unpaired) electrons. The van der Waals surface area contributed by atoms with E-state index < -0.39 is 0 Å². The molecule has 0 aromatic carbocycles. The van der Waals surface area contributed by atoms with Crippen molar-refractivity contribution in [1.82, 2.24) is 21.5 Å². The minimum Gasteiger partial charge on any atom is -0.358 e. The van der Waals surface area contributed by atoms with Gasteiger partial charge in [0.25, 0.3) is 0 Å². The maximum absolute atomic E-state index is 5.10. The Morgan fingerprint density at radius 2 is 2.12 bits per heavy atom. The summed E-state index contributed by atoms with van der Waals surface area (Å²) < 4.78 is 0. The summed E-state index contributed by atoms with van der Waals surface area (Å²) in [5, 5.41) is 7.11. The van der Waals surface area contributed by atoms with Gasteiger partial charge in [-0.05, 0) is 37.3 Å². The number of hydrazine groups is 1. The van der Waals surface area contributed by atoms with Crippen molar-refractivity contribution in [1.29, 1.82) is 0 Å². The van der Waals surface area contributed by atoms with E-state index in [1.807, 2.05) is 0 Å². The molecule has 0 bridgehead atoms. The third-order valence-corrected chi connectivity index (χ3v) is 2.49. The van der Waals surface area contributed by atoms with Crippen molar-refractivity contribution in [3.8, 4) is 0 Å². The van der Waals surface area contributed by atoms with Crippen LogP contribution in [0.15, 0.2) is 24.8 Å². The van der Waals surface area contributed by atoms with Crippen molar-refractivity contribution in [3.63, 3.8) is 0 Å². The number of thiocarbonyl (C=S) groups is 2. The number of hydrogen-bond donors (Lipinski definition) is 4. The fourth-order valence-electron chi connectivity index (χ4n) is 1.28. The zero-order valence-electron chi connectivity index (χ0n) is 8.95. The number of rotatable bonds is 3. The van der Waals surface area contributed by atoms with Crippen LogP contribution in [0.3, 0.4) is 0 Å². The van der Waals surface area contributed by atoms with Crippen molar-refractivity contribution in [3.05, 3.63) is 24.8 Å². The second-order valence-corrected chi connectivity index (χ2v) is 4.15. The summed E-state index contributed by atoms with van der Waals surface area (Å²) in [5.41, 5.74) is 5.60. The third kappa shape index (κ3) is 5.09. The molecule has 0 aliphatic heterocycles. The van der Waals surface area contributed by atoms with E-state index in [2.05, 4.69) is 40.2 Å². The molecule has 4 N–H and O–H groups in total. The monoisotopic (exact) mass is 256 g/mol. The average molecular weight is 256 g/mol. The second kappa shape index (κ2) is 7.19. The van der Waals surface area contributed by atoms with Crippen LogP contribution in [0, 0.1) is 0 Å². The first-order valence-electron chi connectivity index (χ1n) is 5.10. The molecule has 0 fully saturated rings. The Morgan fingerprint density at radius 1 is 1.38 bits per heavy atom. The van der Waals surface area contributed by atoms with E-state index in [4.69, 9.17) is 24.4 Å². The standard InChI is InChI=1S/C10H16N4S2/c1-2-7-11-9(15)13-14-10(16)12-8-5-3-4-6-8/h2-3,5,8H,1,4,6-7H2,(H2,11,13,15)(H2,12,14,16). The normalized spacial score (nSPS) is 17.6. The van der Waals surface area contributed by atoms with E-state index in [-0.39, 0.29) is 0 Å². The van der Waals surface area contributed by atoms with Gasteiger partial charge in [0.2, 0.25) is 0 Å². The van der Waals surface area contributed by atoms with Crippen LogP contribution < -0.4 is 21.5 Å². The van der Waals surface area contributed by atoms with Crippen LogP contribution in [0.4, 0.5) is 0 Å². The lowest BCUT2D eigenvalue weighted by atomic mass is 10.3. The zero-order chi connectivity index (χ0) is 11.8. The van der Waals surface area contributed by atoms with Gasteiger partial charge in [-0.25, -0.2) is 0 Å². The first kappa shape index (κ1) is 12.9. The summed E-state index contributed by atoms with van der Waals surface area (Å²) in [6.07, 6.45) is 8.17. The molecule has 16 heavy (non-hydrogen) atoms. The Bertz CT molecular complexity index is 301. The summed E-state index contributed by atoms with van der Waals surface area (Å²) in [6.45, 7) is 4.20. The highest BCUT2D eigenvalue weighted by atomic mass is 32.1. The Balaban J connectivity index is 2.11. The highest BCUT2D eigenvalue weighted by molar-refractivity contribution is 7.80. The Hall–Kier alpha value is -1.14. The maximum Gasteiger partial charge on any atom is 0.185 e. The topological polar surface area (TPSA) is 48.1 Å². The smallest absolute Gasteiger partial charge is 0.185 e. The minimum atomic E-state index is 0.330. The van der Waals surface area contributed by atoms with E-state index in [1.165, 1.54) is 0 Å². The van der Waals surface area contributed by atoms with E-state index in [1.54, 1.807) is 6.08 Å². The lowest BCUT2D eigenvalue weighted by Crippen LogP contribution is -2.51. The molecule has 0 heterocycles. The molecule has 1 atom stereocenters. The van der Waals surface area contributed by atoms with Crippen molar-refractivity contribution in [2.24, 2.45) is 0 Å². The highest BCUT2D eigenvalue weighted by Crippen LogP contribution is 2.08. The van der Waals surface area contributed by atoms with Gasteiger partial charge in [0.05, 0.1) is 0 Å². The Morgan fingerprint density at radius 3 is 2.75 bits per heavy atom. The molecule has 0 saturated carbocycles. The van der Waals surface area contributed by atoms with Crippen LogP contribution in [-0.2, 0) is 0 Å². The highest BCUT2D eigenvalue weighted by Gasteiger charge is 2.09. The van der Waals surface area contributed by atoms with Crippen molar-refractivity contribution >= 4 is 34.7 Å². The lowest BCUT2D eigenvalue weighted by Gasteiger charge is -2.16. The van der Waals surface area contributed by atoms with Gasteiger partial charge in [-0.2, -0.15) is 0 Å². The molecular weight excluding hydrogens is 240 g/mol. The van der Waals surface area contributed by atoms with Crippen LogP contribution in [0.1, 0.15) is 12.8 Å². The second-order valence-electron chi connectivity index (χ2n) is 3.33. The van der Waals surface area contributed by atoms with E-state index >= 15 is 0 Å². The molecule has 0 amide bonds. The van der Waals surface area contributed by atoms with Gasteiger partial charge in [0.1, 0.15) is 0 Å². The molecule has 0 spiro atoms. The molecule has 1 rings (SSSR count). The van der Waals surface area contributed by atoms with E-state index in [9.17, 15) is 0 Å². The predicted molar refractivity (Wildman–Crippen MR) is 75.0 cm³/mol. The number of nitrogens with one attached hydrogen (secondary N) is 4. The molecular formula is C10H16N4S2. The number of hydrogen-bond acceptors (Lipinski definition) is 2. The predicted octanol–water partition coefficient (Wildman–Crippen LogP) is 0.734. The van der Waals surface area contributed by atoms with Crippen molar-refractivity contribution < 1.29 is 0 Å². The first-order chi connectivity index (χ1) is 7.72. The molecule has 0 saturated heterocycles. The molecule has 88 valence electrons. The Kier molecular flexibility index (Phi) is 5.81. The number of allylic oxidation sites excluding steroid dienone is 1. The fourth-order valence-corrected chi connectivity index (χ4v) is 1.62. The summed E-state index contributed by atoms with van der Waals surface area (Å²) >= 11 is 10.1. The molecule has 6 heteroatoms. The summed E-state index contributed by atoms with van der Waals surface area (Å²) in [7, 11) is 0. The van der Waals surface area contributed by atoms with Gasteiger partial charge in [-0.1, -0.05) is 18.2 Å². The molecule has 1 aliphatic rings. The van der Waals surface area contributed by atoms with E-state index in [0.717, 1.165) is 12.8 Å². The Labute approximate surface area is 107 Å². The summed E-state index contributed by atoms with van der Waals surface area (Å²) in [4.78, 5) is 0. The van der Waals surface area contributed by atoms with Gasteiger partial charge in [-0.3, -0.25) is 10.9 Å². The molecule has 1 unspecified atom stereocenters. The summed E-state index contributed by atoms with van der Waals surface area (Å²) in [6, 6.07) is 0.330. The molecule has 0 aromatic rings. The SMILES string of the molecule is C=CCNC(=S)NNC(=S)NC1C=CCC1. The van der Waals surface area contributed by atoms with Crippen LogP contribution in [0.5, 0.6) is 0 Å². The van der Waals surface area contributed by atoms with Crippen LogP contribution in [0.25, 0.3) is 0 Å². The van der Waals surface area contributed by atoms with Gasteiger partial charge < -0.3 is 10.6 Å². The third-order valence-electron chi connectivity index (χ3n) is 2.03. The van der Waals surface area contributed by atoms with Crippen LogP contribution >= 0.6 is 24.4 Å². The van der Waals surface area contributed by atoms with Gasteiger partial charge in [0, 0.05) is 12.6 Å². The molecule has 0 aromatic heterocycles. The quantitative estimate of drug-likeness (QED) is 0.339. The van der Waals surface area contributed by atoms with Gasteiger partial charge in [0.15, 0.2) is 10.2 Å². The minimum absolute atomic E-state index is 0.330. The average Bonchev–Trinajstić information content (AvgIpc) is 2.76. The lowest BCUT2D eigenvalue weighted by molar-refractivity contribution is 0.682. The van der Waals surface area contributed by atoms with Gasteiger partial charge in [-0.15, -0.1) is 6.58 Å². The molecule has 1 aliphatic carbocycles. The van der Waals surface area contributed by atoms with Crippen molar-refractivity contribution in [2.45, 2.75) is 18.9 Å². The zero-order valence-corrected chi connectivity index (χ0v) is 10.6.